The Labute approximate surface area is 117 Å². The summed E-state index contributed by atoms with van der Waals surface area (Å²) in [6.45, 7) is 1.36. The maximum absolute atomic E-state index is 12.4. The van der Waals surface area contributed by atoms with Crippen molar-refractivity contribution in [2.75, 3.05) is 11.1 Å². The highest BCUT2D eigenvalue weighted by Crippen LogP contribution is 2.26. The van der Waals surface area contributed by atoms with Crippen LogP contribution in [0.2, 0.25) is 0 Å². The zero-order valence-corrected chi connectivity index (χ0v) is 11.6. The molecule has 3 N–H and O–H groups in total. The lowest BCUT2D eigenvalue weighted by atomic mass is 10.2. The molecule has 104 valence electrons. The van der Waals surface area contributed by atoms with Crippen LogP contribution in [0.4, 0.5) is 11.4 Å². The third-order valence-electron chi connectivity index (χ3n) is 2.70. The van der Waals surface area contributed by atoms with Gasteiger partial charge in [0.2, 0.25) is 15.7 Å². The molecule has 0 aromatic heterocycles. The molecule has 0 saturated carbocycles. The van der Waals surface area contributed by atoms with Crippen molar-refractivity contribution in [3.63, 3.8) is 0 Å². The minimum Gasteiger partial charge on any atom is -0.397 e. The van der Waals surface area contributed by atoms with E-state index in [1.54, 1.807) is 18.2 Å². The van der Waals surface area contributed by atoms with Gasteiger partial charge in [0.05, 0.1) is 21.2 Å². The van der Waals surface area contributed by atoms with Crippen LogP contribution in [0.3, 0.4) is 0 Å². The first-order valence-corrected chi connectivity index (χ1v) is 7.37. The lowest BCUT2D eigenvalue weighted by molar-refractivity contribution is -0.114. The van der Waals surface area contributed by atoms with E-state index in [4.69, 9.17) is 5.73 Å². The predicted octanol–water partition coefficient (Wildman–Crippen LogP) is 2.06. The Balaban J connectivity index is 2.44. The predicted molar refractivity (Wildman–Crippen MR) is 77.1 cm³/mol. The maximum Gasteiger partial charge on any atom is 0.221 e. The Morgan fingerprint density at radius 1 is 1.05 bits per heavy atom. The van der Waals surface area contributed by atoms with Crippen molar-refractivity contribution in [1.29, 1.82) is 0 Å². The number of sulfone groups is 1. The van der Waals surface area contributed by atoms with Crippen LogP contribution in [0.5, 0.6) is 0 Å². The SMILES string of the molecule is CC(=O)Nc1ccc(S(=O)(=O)c2ccccc2)cc1N. The van der Waals surface area contributed by atoms with Crippen LogP contribution < -0.4 is 11.1 Å². The fourth-order valence-electron chi connectivity index (χ4n) is 1.75. The zero-order valence-electron chi connectivity index (χ0n) is 10.8. The third kappa shape index (κ3) is 2.80. The normalized spacial score (nSPS) is 11.1. The molecule has 0 heterocycles. The van der Waals surface area contributed by atoms with E-state index >= 15 is 0 Å². The number of nitrogen functional groups attached to an aromatic ring is 1. The number of rotatable bonds is 3. The molecule has 0 saturated heterocycles. The highest BCUT2D eigenvalue weighted by Gasteiger charge is 2.18. The van der Waals surface area contributed by atoms with E-state index in [1.165, 1.54) is 37.3 Å². The van der Waals surface area contributed by atoms with Gasteiger partial charge >= 0.3 is 0 Å². The molecule has 0 atom stereocenters. The van der Waals surface area contributed by atoms with E-state index in [-0.39, 0.29) is 21.4 Å². The first-order chi connectivity index (χ1) is 9.41. The highest BCUT2D eigenvalue weighted by molar-refractivity contribution is 7.91. The number of amides is 1. The largest absolute Gasteiger partial charge is 0.397 e. The Morgan fingerprint density at radius 3 is 2.25 bits per heavy atom. The first kappa shape index (κ1) is 14.1. The molecule has 0 bridgehead atoms. The number of carbonyl (C=O) groups excluding carboxylic acids is 1. The topological polar surface area (TPSA) is 89.3 Å². The lowest BCUT2D eigenvalue weighted by Crippen LogP contribution is -2.09. The van der Waals surface area contributed by atoms with Crippen molar-refractivity contribution < 1.29 is 13.2 Å². The van der Waals surface area contributed by atoms with E-state index in [0.717, 1.165) is 0 Å². The molecule has 2 aromatic carbocycles. The van der Waals surface area contributed by atoms with Crippen LogP contribution in [0.15, 0.2) is 58.3 Å². The van der Waals surface area contributed by atoms with Crippen LogP contribution in [-0.4, -0.2) is 14.3 Å². The van der Waals surface area contributed by atoms with Gasteiger partial charge < -0.3 is 11.1 Å². The van der Waals surface area contributed by atoms with Gasteiger partial charge in [0.1, 0.15) is 0 Å². The molecule has 0 unspecified atom stereocenters. The number of nitrogens with two attached hydrogens (primary N) is 1. The van der Waals surface area contributed by atoms with E-state index < -0.39 is 9.84 Å². The third-order valence-corrected chi connectivity index (χ3v) is 4.46. The van der Waals surface area contributed by atoms with E-state index in [0.29, 0.717) is 5.69 Å². The summed E-state index contributed by atoms with van der Waals surface area (Å²) in [6.07, 6.45) is 0. The smallest absolute Gasteiger partial charge is 0.221 e. The Morgan fingerprint density at radius 2 is 1.70 bits per heavy atom. The van der Waals surface area contributed by atoms with Gasteiger partial charge in [0.25, 0.3) is 0 Å². The van der Waals surface area contributed by atoms with Crippen LogP contribution in [0, 0.1) is 0 Å². The average Bonchev–Trinajstić information content (AvgIpc) is 2.41. The summed E-state index contributed by atoms with van der Waals surface area (Å²) in [5, 5.41) is 2.53. The van der Waals surface area contributed by atoms with Gasteiger partial charge in [-0.05, 0) is 30.3 Å². The molecular formula is C14H14N2O3S. The minimum atomic E-state index is -3.60. The second-order valence-electron chi connectivity index (χ2n) is 4.25. The molecule has 1 amide bonds. The van der Waals surface area contributed by atoms with Crippen LogP contribution in [-0.2, 0) is 14.6 Å². The second-order valence-corrected chi connectivity index (χ2v) is 6.20. The zero-order chi connectivity index (χ0) is 14.8. The van der Waals surface area contributed by atoms with Gasteiger partial charge in [-0.1, -0.05) is 18.2 Å². The lowest BCUT2D eigenvalue weighted by Gasteiger charge is -2.09. The molecule has 20 heavy (non-hydrogen) atoms. The summed E-state index contributed by atoms with van der Waals surface area (Å²) >= 11 is 0. The summed E-state index contributed by atoms with van der Waals surface area (Å²) in [4.78, 5) is 11.3. The number of nitrogens with one attached hydrogen (secondary N) is 1. The van der Waals surface area contributed by atoms with Crippen molar-refractivity contribution in [3.05, 3.63) is 48.5 Å². The van der Waals surface area contributed by atoms with Crippen molar-refractivity contribution in [2.24, 2.45) is 0 Å². The number of hydrogen-bond donors (Lipinski definition) is 2. The number of anilines is 2. The fourth-order valence-corrected chi connectivity index (χ4v) is 3.06. The van der Waals surface area contributed by atoms with Gasteiger partial charge in [-0.2, -0.15) is 0 Å². The Hall–Kier alpha value is -2.34. The molecule has 5 nitrogen and oxygen atoms in total. The summed E-state index contributed by atoms with van der Waals surface area (Å²) in [7, 11) is -3.60. The molecule has 0 spiro atoms. The van der Waals surface area contributed by atoms with Gasteiger partial charge in [-0.25, -0.2) is 8.42 Å². The van der Waals surface area contributed by atoms with Crippen molar-refractivity contribution in [1.82, 2.24) is 0 Å². The van der Waals surface area contributed by atoms with Gasteiger partial charge in [-0.3, -0.25) is 4.79 Å². The quantitative estimate of drug-likeness (QED) is 0.847. The molecular weight excluding hydrogens is 276 g/mol. The molecule has 0 aliphatic carbocycles. The first-order valence-electron chi connectivity index (χ1n) is 5.88. The monoisotopic (exact) mass is 290 g/mol. The minimum absolute atomic E-state index is 0.0929. The standard InChI is InChI=1S/C14H14N2O3S/c1-10(17)16-14-8-7-12(9-13(14)15)20(18,19)11-5-3-2-4-6-11/h2-9H,15H2,1H3,(H,16,17). The summed E-state index contributed by atoms with van der Waals surface area (Å²) in [5.41, 5.74) is 6.36. The molecule has 0 fully saturated rings. The molecule has 6 heteroatoms. The Kier molecular flexibility index (Phi) is 3.76. The molecule has 0 aliphatic rings. The van der Waals surface area contributed by atoms with E-state index in [1.807, 2.05) is 0 Å². The summed E-state index contributed by atoms with van der Waals surface area (Å²) in [6, 6.07) is 12.3. The van der Waals surface area contributed by atoms with Gasteiger partial charge in [0.15, 0.2) is 0 Å². The van der Waals surface area contributed by atoms with Crippen molar-refractivity contribution in [3.8, 4) is 0 Å². The Bertz CT molecular complexity index is 740. The summed E-state index contributed by atoms with van der Waals surface area (Å²) in [5.74, 6) is -0.268. The summed E-state index contributed by atoms with van der Waals surface area (Å²) < 4.78 is 24.8. The van der Waals surface area contributed by atoms with E-state index in [9.17, 15) is 13.2 Å². The van der Waals surface area contributed by atoms with E-state index in [2.05, 4.69) is 5.32 Å². The van der Waals surface area contributed by atoms with Gasteiger partial charge in [-0.15, -0.1) is 0 Å². The van der Waals surface area contributed by atoms with Crippen LogP contribution in [0.1, 0.15) is 6.92 Å². The van der Waals surface area contributed by atoms with Crippen molar-refractivity contribution >= 4 is 27.1 Å². The average molecular weight is 290 g/mol. The maximum atomic E-state index is 12.4. The molecule has 0 aliphatic heterocycles. The second kappa shape index (κ2) is 5.34. The number of benzene rings is 2. The molecule has 0 radical (unpaired) electrons. The van der Waals surface area contributed by atoms with Crippen LogP contribution in [0.25, 0.3) is 0 Å². The van der Waals surface area contributed by atoms with Crippen LogP contribution >= 0.6 is 0 Å². The van der Waals surface area contributed by atoms with Crippen molar-refractivity contribution in [2.45, 2.75) is 16.7 Å². The molecule has 2 rings (SSSR count). The number of carbonyl (C=O) groups is 1. The number of hydrogen-bond acceptors (Lipinski definition) is 4. The highest BCUT2D eigenvalue weighted by atomic mass is 32.2. The fraction of sp³-hybridized carbons (Fsp3) is 0.0714. The van der Waals surface area contributed by atoms with Gasteiger partial charge in [0, 0.05) is 6.92 Å². The molecule has 2 aromatic rings.